The lowest BCUT2D eigenvalue weighted by molar-refractivity contribution is -0.120. The molecule has 0 aliphatic heterocycles. The van der Waals surface area contributed by atoms with Gasteiger partial charge in [-0.2, -0.15) is 5.26 Å². The molecule has 24 heavy (non-hydrogen) atoms. The average Bonchev–Trinajstić information content (AvgIpc) is 3.06. The van der Waals surface area contributed by atoms with Crippen molar-refractivity contribution in [2.75, 3.05) is 5.32 Å². The summed E-state index contributed by atoms with van der Waals surface area (Å²) in [6, 6.07) is 7.92. The van der Waals surface area contributed by atoms with Gasteiger partial charge in [-0.3, -0.25) is 9.59 Å². The van der Waals surface area contributed by atoms with Crippen molar-refractivity contribution in [3.05, 3.63) is 29.3 Å². The zero-order valence-corrected chi connectivity index (χ0v) is 13.9. The summed E-state index contributed by atoms with van der Waals surface area (Å²) >= 11 is 0. The summed E-state index contributed by atoms with van der Waals surface area (Å²) in [5.74, 6) is -0.0276. The number of hydrogen-bond acceptors (Lipinski definition) is 3. The molecule has 1 aromatic carbocycles. The topological polar surface area (TPSA) is 70.0 Å². The Bertz CT molecular complexity index is 755. The SMILES string of the molecule is N#CC1(C(=O)Nc2ccc3c(c2)C(=O)CCCC3)CC12CCCC2. The molecule has 0 saturated heterocycles. The quantitative estimate of drug-likeness (QED) is 0.836. The van der Waals surface area contributed by atoms with Gasteiger partial charge in [0.1, 0.15) is 5.41 Å². The molecule has 4 rings (SSSR count). The molecule has 1 N–H and O–H groups in total. The second-order valence-electron chi connectivity index (χ2n) is 7.64. The van der Waals surface area contributed by atoms with Gasteiger partial charge < -0.3 is 5.32 Å². The summed E-state index contributed by atoms with van der Waals surface area (Å²) in [7, 11) is 0. The zero-order chi connectivity index (χ0) is 16.8. The fourth-order valence-electron chi connectivity index (χ4n) is 4.75. The van der Waals surface area contributed by atoms with E-state index in [-0.39, 0.29) is 17.1 Å². The van der Waals surface area contributed by atoms with Gasteiger partial charge in [-0.25, -0.2) is 0 Å². The number of carbonyl (C=O) groups is 2. The largest absolute Gasteiger partial charge is 0.325 e. The molecule has 0 aromatic heterocycles. The minimum atomic E-state index is -0.861. The molecule has 124 valence electrons. The summed E-state index contributed by atoms with van der Waals surface area (Å²) in [5, 5.41) is 12.6. The first-order chi connectivity index (χ1) is 11.6. The van der Waals surface area contributed by atoms with E-state index >= 15 is 0 Å². The molecule has 1 amide bonds. The van der Waals surface area contributed by atoms with Crippen molar-refractivity contribution in [2.24, 2.45) is 10.8 Å². The normalized spacial score (nSPS) is 27.2. The van der Waals surface area contributed by atoms with Gasteiger partial charge in [-0.15, -0.1) is 0 Å². The molecule has 0 radical (unpaired) electrons. The van der Waals surface area contributed by atoms with Gasteiger partial charge in [0.2, 0.25) is 5.91 Å². The van der Waals surface area contributed by atoms with E-state index in [9.17, 15) is 14.9 Å². The number of amides is 1. The molecule has 2 saturated carbocycles. The lowest BCUT2D eigenvalue weighted by atomic mass is 9.91. The third kappa shape index (κ3) is 2.18. The maximum atomic E-state index is 12.8. The summed E-state index contributed by atoms with van der Waals surface area (Å²) < 4.78 is 0. The van der Waals surface area contributed by atoms with Crippen LogP contribution in [-0.2, 0) is 11.2 Å². The highest BCUT2D eigenvalue weighted by Crippen LogP contribution is 2.71. The summed E-state index contributed by atoms with van der Waals surface area (Å²) in [6.07, 6.45) is 8.34. The number of anilines is 1. The van der Waals surface area contributed by atoms with Gasteiger partial charge in [0.25, 0.3) is 0 Å². The number of Topliss-reactive ketones (excluding diaryl/α,β-unsaturated/α-hetero) is 1. The van der Waals surface area contributed by atoms with E-state index in [4.69, 9.17) is 0 Å². The van der Waals surface area contributed by atoms with Gasteiger partial charge in [0, 0.05) is 23.1 Å². The Labute approximate surface area is 142 Å². The summed E-state index contributed by atoms with van der Waals surface area (Å²) in [6.45, 7) is 0. The first-order valence-corrected chi connectivity index (χ1v) is 8.99. The highest BCUT2D eigenvalue weighted by atomic mass is 16.2. The number of nitrogens with zero attached hydrogens (tertiary/aromatic N) is 1. The Kier molecular flexibility index (Phi) is 3.49. The van der Waals surface area contributed by atoms with Crippen molar-refractivity contribution < 1.29 is 9.59 Å². The molecule has 1 unspecified atom stereocenters. The van der Waals surface area contributed by atoms with Crippen molar-refractivity contribution in [3.63, 3.8) is 0 Å². The molecular weight excluding hydrogens is 300 g/mol. The van der Waals surface area contributed by atoms with E-state index in [1.54, 1.807) is 6.07 Å². The molecule has 1 atom stereocenters. The average molecular weight is 322 g/mol. The minimum absolute atomic E-state index is 0.0899. The van der Waals surface area contributed by atoms with Crippen LogP contribution in [-0.4, -0.2) is 11.7 Å². The molecule has 0 bridgehead atoms. The van der Waals surface area contributed by atoms with Gasteiger partial charge in [-0.05, 0) is 56.2 Å². The van der Waals surface area contributed by atoms with Crippen molar-refractivity contribution in [2.45, 2.75) is 57.8 Å². The van der Waals surface area contributed by atoms with Crippen molar-refractivity contribution >= 4 is 17.4 Å². The molecular formula is C20H22N2O2. The second-order valence-corrected chi connectivity index (χ2v) is 7.64. The molecule has 0 heterocycles. The van der Waals surface area contributed by atoms with Crippen LogP contribution < -0.4 is 5.32 Å². The number of benzene rings is 1. The Hall–Kier alpha value is -2.15. The minimum Gasteiger partial charge on any atom is -0.325 e. The number of nitriles is 1. The fraction of sp³-hybridized carbons (Fsp3) is 0.550. The van der Waals surface area contributed by atoms with E-state index in [1.807, 2.05) is 12.1 Å². The van der Waals surface area contributed by atoms with Crippen LogP contribution in [0.15, 0.2) is 18.2 Å². The maximum Gasteiger partial charge on any atom is 0.245 e. The van der Waals surface area contributed by atoms with Crippen molar-refractivity contribution in [1.82, 2.24) is 0 Å². The summed E-state index contributed by atoms with van der Waals surface area (Å²) in [5.41, 5.74) is 1.50. The smallest absolute Gasteiger partial charge is 0.245 e. The monoisotopic (exact) mass is 322 g/mol. The molecule has 4 nitrogen and oxygen atoms in total. The van der Waals surface area contributed by atoms with Crippen LogP contribution in [0.2, 0.25) is 0 Å². The molecule has 1 spiro atoms. The van der Waals surface area contributed by atoms with Crippen molar-refractivity contribution in [1.29, 1.82) is 5.26 Å². The Morgan fingerprint density at radius 2 is 1.88 bits per heavy atom. The standard InChI is InChI=1S/C20H22N2O2/c21-13-20(12-19(20)9-3-4-10-19)18(24)22-15-8-7-14-5-1-2-6-17(23)16(14)11-15/h7-8,11H,1-6,9-10,12H2,(H,22,24). The van der Waals surface area contributed by atoms with Crippen LogP contribution in [0.5, 0.6) is 0 Å². The third-order valence-corrected chi connectivity index (χ3v) is 6.29. The molecule has 1 aromatic rings. The zero-order valence-electron chi connectivity index (χ0n) is 13.9. The Balaban J connectivity index is 1.57. The predicted octanol–water partition coefficient (Wildman–Crippen LogP) is 4.01. The van der Waals surface area contributed by atoms with Crippen LogP contribution in [0.1, 0.15) is 67.3 Å². The van der Waals surface area contributed by atoms with Crippen LogP contribution in [0, 0.1) is 22.2 Å². The van der Waals surface area contributed by atoms with Gasteiger partial charge in [-0.1, -0.05) is 18.9 Å². The highest BCUT2D eigenvalue weighted by molar-refractivity contribution is 6.03. The van der Waals surface area contributed by atoms with Crippen LogP contribution in [0.4, 0.5) is 5.69 Å². The van der Waals surface area contributed by atoms with Crippen LogP contribution >= 0.6 is 0 Å². The number of carbonyl (C=O) groups excluding carboxylic acids is 2. The highest BCUT2D eigenvalue weighted by Gasteiger charge is 2.72. The molecule has 4 heteroatoms. The number of hydrogen-bond donors (Lipinski definition) is 1. The van der Waals surface area contributed by atoms with Crippen LogP contribution in [0.25, 0.3) is 0 Å². The first kappa shape index (κ1) is 15.4. The number of rotatable bonds is 2. The summed E-state index contributed by atoms with van der Waals surface area (Å²) in [4.78, 5) is 25.0. The molecule has 3 aliphatic rings. The number of aryl methyl sites for hydroxylation is 1. The molecule has 2 fully saturated rings. The lowest BCUT2D eigenvalue weighted by Crippen LogP contribution is -2.28. The van der Waals surface area contributed by atoms with E-state index in [2.05, 4.69) is 11.4 Å². The van der Waals surface area contributed by atoms with Gasteiger partial charge in [0.05, 0.1) is 6.07 Å². The second kappa shape index (κ2) is 5.44. The lowest BCUT2D eigenvalue weighted by Gasteiger charge is -2.16. The van der Waals surface area contributed by atoms with Crippen LogP contribution in [0.3, 0.4) is 0 Å². The van der Waals surface area contributed by atoms with Gasteiger partial charge in [0.15, 0.2) is 5.78 Å². The van der Waals surface area contributed by atoms with Gasteiger partial charge >= 0.3 is 0 Å². The Morgan fingerprint density at radius 1 is 1.12 bits per heavy atom. The number of nitrogens with one attached hydrogen (secondary N) is 1. The van der Waals surface area contributed by atoms with E-state index in [0.29, 0.717) is 18.5 Å². The third-order valence-electron chi connectivity index (χ3n) is 6.29. The fourth-order valence-corrected chi connectivity index (χ4v) is 4.75. The van der Waals surface area contributed by atoms with E-state index < -0.39 is 5.41 Å². The van der Waals surface area contributed by atoms with Crippen molar-refractivity contribution in [3.8, 4) is 6.07 Å². The maximum absolute atomic E-state index is 12.8. The predicted molar refractivity (Wildman–Crippen MR) is 90.5 cm³/mol. The number of ketones is 1. The van der Waals surface area contributed by atoms with E-state index in [0.717, 1.165) is 56.1 Å². The number of fused-ring (bicyclic) bond motifs is 1. The Morgan fingerprint density at radius 3 is 2.62 bits per heavy atom. The molecule has 3 aliphatic carbocycles. The van der Waals surface area contributed by atoms with E-state index in [1.165, 1.54) is 0 Å². The first-order valence-electron chi connectivity index (χ1n) is 8.99.